The first-order valence-electron chi connectivity index (χ1n) is 6.42. The van der Waals surface area contributed by atoms with E-state index < -0.39 is 6.10 Å². The maximum atomic E-state index is 11.9. The number of aliphatic hydroxyl groups is 1. The van der Waals surface area contributed by atoms with Gasteiger partial charge in [-0.15, -0.1) is 0 Å². The zero-order valence-corrected chi connectivity index (χ0v) is 11.0. The molecule has 2 rings (SSSR count). The molecule has 5 heteroatoms. The van der Waals surface area contributed by atoms with Crippen LogP contribution in [-0.4, -0.2) is 48.0 Å². The zero-order chi connectivity index (χ0) is 13.7. The fourth-order valence-corrected chi connectivity index (χ4v) is 1.94. The number of carbonyl (C=O) groups excluding carboxylic acids is 1. The van der Waals surface area contributed by atoms with Crippen LogP contribution in [0.15, 0.2) is 30.3 Å². The van der Waals surface area contributed by atoms with Crippen molar-refractivity contribution in [2.75, 3.05) is 19.7 Å². The van der Waals surface area contributed by atoms with E-state index in [-0.39, 0.29) is 18.8 Å². The number of aliphatic hydroxyl groups excluding tert-OH is 1. The average Bonchev–Trinajstić information content (AvgIpc) is 2.46. The summed E-state index contributed by atoms with van der Waals surface area (Å²) in [6, 6.07) is 9.54. The van der Waals surface area contributed by atoms with E-state index >= 15 is 0 Å². The van der Waals surface area contributed by atoms with Gasteiger partial charge in [-0.2, -0.15) is 0 Å². The largest absolute Gasteiger partial charge is 0.445 e. The molecule has 1 amide bonds. The standard InChI is InChI=1S/C14H19NO4/c1-11(16)13-9-15(7-8-18-13)14(17)19-10-12-5-3-2-4-6-12/h2-6,11,13,16H,7-10H2,1H3/t11-,13?/m1/s1. The highest BCUT2D eigenvalue weighted by Gasteiger charge is 2.27. The summed E-state index contributed by atoms with van der Waals surface area (Å²) < 4.78 is 10.6. The Kier molecular flexibility index (Phi) is 4.76. The van der Waals surface area contributed by atoms with E-state index in [4.69, 9.17) is 9.47 Å². The molecular formula is C14H19NO4. The maximum absolute atomic E-state index is 11.9. The number of benzene rings is 1. The van der Waals surface area contributed by atoms with E-state index in [0.717, 1.165) is 5.56 Å². The number of carbonyl (C=O) groups is 1. The molecule has 1 aromatic carbocycles. The van der Waals surface area contributed by atoms with E-state index in [1.165, 1.54) is 0 Å². The van der Waals surface area contributed by atoms with Crippen molar-refractivity contribution < 1.29 is 19.4 Å². The Morgan fingerprint density at radius 2 is 2.26 bits per heavy atom. The first-order valence-corrected chi connectivity index (χ1v) is 6.42. The molecule has 2 atom stereocenters. The molecule has 19 heavy (non-hydrogen) atoms. The van der Waals surface area contributed by atoms with Crippen LogP contribution in [0.3, 0.4) is 0 Å². The fraction of sp³-hybridized carbons (Fsp3) is 0.500. The summed E-state index contributed by atoms with van der Waals surface area (Å²) in [5.41, 5.74) is 0.955. The van der Waals surface area contributed by atoms with E-state index in [2.05, 4.69) is 0 Å². The third-order valence-corrected chi connectivity index (χ3v) is 3.09. The normalized spacial score (nSPS) is 20.9. The molecule has 0 saturated carbocycles. The second kappa shape index (κ2) is 6.54. The third kappa shape index (κ3) is 3.94. The SMILES string of the molecule is C[C@@H](O)C1CN(C(=O)OCc2ccccc2)CCO1. The van der Waals surface area contributed by atoms with Crippen molar-refractivity contribution in [3.8, 4) is 0 Å². The fourth-order valence-electron chi connectivity index (χ4n) is 1.94. The topological polar surface area (TPSA) is 59.0 Å². The highest BCUT2D eigenvalue weighted by molar-refractivity contribution is 5.67. The van der Waals surface area contributed by atoms with E-state index in [0.29, 0.717) is 19.7 Å². The van der Waals surface area contributed by atoms with Crippen LogP contribution in [0.2, 0.25) is 0 Å². The molecule has 5 nitrogen and oxygen atoms in total. The van der Waals surface area contributed by atoms with E-state index in [9.17, 15) is 9.90 Å². The molecule has 0 aliphatic carbocycles. The Bertz CT molecular complexity index is 407. The van der Waals surface area contributed by atoms with Gasteiger partial charge >= 0.3 is 6.09 Å². The van der Waals surface area contributed by atoms with Crippen molar-refractivity contribution in [2.45, 2.75) is 25.7 Å². The average molecular weight is 265 g/mol. The maximum Gasteiger partial charge on any atom is 0.410 e. The Balaban J connectivity index is 1.83. The van der Waals surface area contributed by atoms with Crippen molar-refractivity contribution in [1.29, 1.82) is 0 Å². The first kappa shape index (κ1) is 13.8. The van der Waals surface area contributed by atoms with Crippen LogP contribution in [0.25, 0.3) is 0 Å². The Morgan fingerprint density at radius 3 is 2.95 bits per heavy atom. The van der Waals surface area contributed by atoms with Crippen molar-refractivity contribution in [3.63, 3.8) is 0 Å². The van der Waals surface area contributed by atoms with Gasteiger partial charge in [0, 0.05) is 6.54 Å². The number of hydrogen-bond acceptors (Lipinski definition) is 4. The summed E-state index contributed by atoms with van der Waals surface area (Å²) in [5, 5.41) is 9.48. The molecule has 0 spiro atoms. The Hall–Kier alpha value is -1.59. The molecular weight excluding hydrogens is 246 g/mol. The lowest BCUT2D eigenvalue weighted by atomic mass is 10.2. The quantitative estimate of drug-likeness (QED) is 0.897. The minimum absolute atomic E-state index is 0.260. The number of rotatable bonds is 3. The van der Waals surface area contributed by atoms with Gasteiger partial charge in [0.25, 0.3) is 0 Å². The summed E-state index contributed by atoms with van der Waals surface area (Å²) in [5.74, 6) is 0. The summed E-state index contributed by atoms with van der Waals surface area (Å²) in [7, 11) is 0. The number of amides is 1. The lowest BCUT2D eigenvalue weighted by Gasteiger charge is -2.33. The predicted octanol–water partition coefficient (Wildman–Crippen LogP) is 1.40. The van der Waals surface area contributed by atoms with Gasteiger partial charge in [0.15, 0.2) is 0 Å². The van der Waals surface area contributed by atoms with Crippen molar-refractivity contribution in [3.05, 3.63) is 35.9 Å². The Labute approximate surface area is 112 Å². The number of ether oxygens (including phenoxy) is 2. The Morgan fingerprint density at radius 1 is 1.53 bits per heavy atom. The summed E-state index contributed by atoms with van der Waals surface area (Å²) in [6.07, 6.45) is -1.29. The summed E-state index contributed by atoms with van der Waals surface area (Å²) >= 11 is 0. The second-order valence-electron chi connectivity index (χ2n) is 4.64. The second-order valence-corrected chi connectivity index (χ2v) is 4.64. The molecule has 1 aliphatic heterocycles. The van der Waals surface area contributed by atoms with Gasteiger partial charge in [-0.05, 0) is 12.5 Å². The third-order valence-electron chi connectivity index (χ3n) is 3.09. The molecule has 0 radical (unpaired) electrons. The molecule has 104 valence electrons. The van der Waals surface area contributed by atoms with Crippen LogP contribution in [0, 0.1) is 0 Å². The minimum Gasteiger partial charge on any atom is -0.445 e. The van der Waals surface area contributed by atoms with Crippen LogP contribution in [0.5, 0.6) is 0 Å². The predicted molar refractivity (Wildman–Crippen MR) is 69.6 cm³/mol. The van der Waals surface area contributed by atoms with Crippen LogP contribution in [0.4, 0.5) is 4.79 Å². The van der Waals surface area contributed by atoms with Crippen LogP contribution in [0.1, 0.15) is 12.5 Å². The smallest absolute Gasteiger partial charge is 0.410 e. The molecule has 1 aliphatic rings. The summed E-state index contributed by atoms with van der Waals surface area (Å²) in [4.78, 5) is 13.5. The van der Waals surface area contributed by atoms with Crippen LogP contribution >= 0.6 is 0 Å². The highest BCUT2D eigenvalue weighted by Crippen LogP contribution is 2.11. The zero-order valence-electron chi connectivity index (χ0n) is 11.0. The van der Waals surface area contributed by atoms with E-state index in [1.807, 2.05) is 30.3 Å². The molecule has 1 saturated heterocycles. The number of morpholine rings is 1. The molecule has 0 bridgehead atoms. The molecule has 1 N–H and O–H groups in total. The monoisotopic (exact) mass is 265 g/mol. The van der Waals surface area contributed by atoms with Crippen molar-refractivity contribution in [2.24, 2.45) is 0 Å². The summed E-state index contributed by atoms with van der Waals surface area (Å²) in [6.45, 7) is 3.21. The number of nitrogens with zero attached hydrogens (tertiary/aromatic N) is 1. The molecule has 1 unspecified atom stereocenters. The molecule has 0 aromatic heterocycles. The van der Waals surface area contributed by atoms with Gasteiger partial charge in [0.05, 0.1) is 19.3 Å². The van der Waals surface area contributed by atoms with Gasteiger partial charge in [-0.1, -0.05) is 30.3 Å². The first-order chi connectivity index (χ1) is 9.16. The minimum atomic E-state index is -0.593. The van der Waals surface area contributed by atoms with E-state index in [1.54, 1.807) is 11.8 Å². The lowest BCUT2D eigenvalue weighted by Crippen LogP contribution is -2.49. The lowest BCUT2D eigenvalue weighted by molar-refractivity contribution is -0.0788. The highest BCUT2D eigenvalue weighted by atomic mass is 16.6. The van der Waals surface area contributed by atoms with Crippen LogP contribution in [-0.2, 0) is 16.1 Å². The van der Waals surface area contributed by atoms with Crippen molar-refractivity contribution >= 4 is 6.09 Å². The van der Waals surface area contributed by atoms with Gasteiger partial charge in [-0.25, -0.2) is 4.79 Å². The van der Waals surface area contributed by atoms with Gasteiger partial charge in [-0.3, -0.25) is 0 Å². The van der Waals surface area contributed by atoms with Gasteiger partial charge in [0.1, 0.15) is 12.7 Å². The van der Waals surface area contributed by atoms with Crippen LogP contribution < -0.4 is 0 Å². The van der Waals surface area contributed by atoms with Gasteiger partial charge < -0.3 is 19.5 Å². The van der Waals surface area contributed by atoms with Gasteiger partial charge in [0.2, 0.25) is 0 Å². The molecule has 1 heterocycles. The van der Waals surface area contributed by atoms with Crippen molar-refractivity contribution in [1.82, 2.24) is 4.90 Å². The molecule has 1 aromatic rings. The molecule has 1 fully saturated rings. The number of hydrogen-bond donors (Lipinski definition) is 1.